The Morgan fingerprint density at radius 3 is 2.54 bits per heavy atom. The van der Waals surface area contributed by atoms with Gasteiger partial charge in [-0.15, -0.1) is 0 Å². The molecule has 0 amide bonds. The van der Waals surface area contributed by atoms with Gasteiger partial charge in [-0.1, -0.05) is 60.0 Å². The Morgan fingerprint density at radius 2 is 1.79 bits per heavy atom. The summed E-state index contributed by atoms with van der Waals surface area (Å²) in [5, 5.41) is 0. The number of ketones is 1. The highest BCUT2D eigenvalue weighted by molar-refractivity contribution is 5.96. The average molecular weight is 385 g/mol. The molecule has 3 fully saturated rings. The zero-order chi connectivity index (χ0) is 20.1. The summed E-state index contributed by atoms with van der Waals surface area (Å²) >= 11 is 0. The van der Waals surface area contributed by atoms with E-state index in [9.17, 15) is 4.79 Å². The number of hydrogen-bond donors (Lipinski definition) is 0. The van der Waals surface area contributed by atoms with E-state index in [1.54, 1.807) is 0 Å². The molecule has 4 aliphatic carbocycles. The quantitative estimate of drug-likeness (QED) is 0.481. The van der Waals surface area contributed by atoms with Crippen LogP contribution in [-0.2, 0) is 4.79 Å². The predicted molar refractivity (Wildman–Crippen MR) is 118 cm³/mol. The second kappa shape index (κ2) is 7.59. The Balaban J connectivity index is 1.50. The minimum atomic E-state index is -0.0556. The van der Waals surface area contributed by atoms with E-state index in [2.05, 4.69) is 40.7 Å². The van der Waals surface area contributed by atoms with Crippen molar-refractivity contribution in [3.8, 4) is 0 Å². The van der Waals surface area contributed by atoms with Crippen LogP contribution in [0.1, 0.15) is 98.8 Å². The lowest BCUT2D eigenvalue weighted by molar-refractivity contribution is -0.147. The highest BCUT2D eigenvalue weighted by atomic mass is 16.1. The zero-order valence-corrected chi connectivity index (χ0v) is 19.2. The first-order chi connectivity index (χ1) is 13.3. The van der Waals surface area contributed by atoms with Gasteiger partial charge in [-0.25, -0.2) is 0 Å². The summed E-state index contributed by atoms with van der Waals surface area (Å²) in [6.45, 7) is 12.3. The Morgan fingerprint density at radius 1 is 1.00 bits per heavy atom. The van der Waals surface area contributed by atoms with Gasteiger partial charge in [0.2, 0.25) is 0 Å². The van der Waals surface area contributed by atoms with Crippen LogP contribution < -0.4 is 0 Å². The Hall–Kier alpha value is -0.590. The zero-order valence-electron chi connectivity index (χ0n) is 19.2. The first-order valence-electron chi connectivity index (χ1n) is 12.5. The molecule has 0 saturated heterocycles. The van der Waals surface area contributed by atoms with Crippen LogP contribution in [0.15, 0.2) is 12.2 Å². The maximum Gasteiger partial charge on any atom is 0.161 e. The van der Waals surface area contributed by atoms with Crippen LogP contribution in [0.4, 0.5) is 0 Å². The number of rotatable bonds is 5. The highest BCUT2D eigenvalue weighted by Gasteiger charge is 2.61. The standard InChI is InChI=1S/C27H44O/c1-18(2)8-6-9-19(3)22-14-15-23-21-13-12-20-10-7-11-25(28)27(20,5)24(21)16-17-26(22,23)4/h7,11,18-24H,6,8-10,12-17H2,1-5H3. The van der Waals surface area contributed by atoms with Crippen molar-refractivity contribution in [1.29, 1.82) is 0 Å². The maximum atomic E-state index is 13.0. The van der Waals surface area contributed by atoms with Gasteiger partial charge in [0.25, 0.3) is 0 Å². The third-order valence-corrected chi connectivity index (χ3v) is 10.3. The van der Waals surface area contributed by atoms with Crippen LogP contribution in [0.25, 0.3) is 0 Å². The number of carbonyl (C=O) groups is 1. The van der Waals surface area contributed by atoms with Gasteiger partial charge in [-0.2, -0.15) is 0 Å². The van der Waals surface area contributed by atoms with Crippen LogP contribution in [-0.4, -0.2) is 5.78 Å². The van der Waals surface area contributed by atoms with E-state index in [1.807, 2.05) is 6.08 Å². The molecule has 0 N–H and O–H groups in total. The van der Waals surface area contributed by atoms with E-state index in [4.69, 9.17) is 0 Å². The average Bonchev–Trinajstić information content (AvgIpc) is 3.00. The van der Waals surface area contributed by atoms with Crippen molar-refractivity contribution >= 4 is 5.78 Å². The molecule has 1 nitrogen and oxygen atoms in total. The summed E-state index contributed by atoms with van der Waals surface area (Å²) < 4.78 is 0. The molecule has 4 aliphatic rings. The Bertz CT molecular complexity index is 618. The van der Waals surface area contributed by atoms with E-state index < -0.39 is 0 Å². The molecule has 0 aromatic carbocycles. The van der Waals surface area contributed by atoms with Crippen LogP contribution >= 0.6 is 0 Å². The van der Waals surface area contributed by atoms with Crippen molar-refractivity contribution in [2.45, 2.75) is 98.8 Å². The Kier molecular flexibility index (Phi) is 5.60. The fourth-order valence-corrected chi connectivity index (χ4v) is 8.72. The topological polar surface area (TPSA) is 17.1 Å². The third-order valence-electron chi connectivity index (χ3n) is 10.3. The second-order valence-corrected chi connectivity index (χ2v) is 12.0. The Labute approximate surface area is 174 Å². The molecule has 8 atom stereocenters. The van der Waals surface area contributed by atoms with E-state index in [1.165, 1.54) is 57.8 Å². The molecule has 3 saturated carbocycles. The molecular weight excluding hydrogens is 340 g/mol. The van der Waals surface area contributed by atoms with Crippen molar-refractivity contribution < 1.29 is 4.79 Å². The summed E-state index contributed by atoms with van der Waals surface area (Å²) in [5.74, 6) is 6.03. The van der Waals surface area contributed by atoms with Crippen molar-refractivity contribution in [1.82, 2.24) is 0 Å². The van der Waals surface area contributed by atoms with E-state index in [0.717, 1.165) is 36.0 Å². The minimum absolute atomic E-state index is 0.0556. The number of allylic oxidation sites excluding steroid dienone is 2. The van der Waals surface area contributed by atoms with Gasteiger partial charge in [-0.05, 0) is 97.9 Å². The van der Waals surface area contributed by atoms with Crippen molar-refractivity contribution in [2.75, 3.05) is 0 Å². The molecule has 158 valence electrons. The summed E-state index contributed by atoms with van der Waals surface area (Å²) in [7, 11) is 0. The smallest absolute Gasteiger partial charge is 0.161 e. The van der Waals surface area contributed by atoms with Gasteiger partial charge >= 0.3 is 0 Å². The normalized spacial score (nSPS) is 46.2. The van der Waals surface area contributed by atoms with Gasteiger partial charge in [0.1, 0.15) is 0 Å². The lowest BCUT2D eigenvalue weighted by Gasteiger charge is -2.59. The molecule has 0 heterocycles. The van der Waals surface area contributed by atoms with Gasteiger partial charge in [0, 0.05) is 5.41 Å². The van der Waals surface area contributed by atoms with Crippen LogP contribution in [0, 0.1) is 52.3 Å². The van der Waals surface area contributed by atoms with Gasteiger partial charge in [0.15, 0.2) is 5.78 Å². The maximum absolute atomic E-state index is 13.0. The van der Waals surface area contributed by atoms with Crippen molar-refractivity contribution in [3.63, 3.8) is 0 Å². The lowest BCUT2D eigenvalue weighted by Crippen LogP contribution is -2.55. The summed E-state index contributed by atoms with van der Waals surface area (Å²) in [5.41, 5.74) is 0.481. The second-order valence-electron chi connectivity index (χ2n) is 12.0. The first-order valence-corrected chi connectivity index (χ1v) is 12.5. The van der Waals surface area contributed by atoms with Crippen LogP contribution in [0.3, 0.4) is 0 Å². The van der Waals surface area contributed by atoms with Crippen molar-refractivity contribution in [2.24, 2.45) is 52.3 Å². The molecule has 0 aromatic rings. The molecular formula is C27H44O. The fourth-order valence-electron chi connectivity index (χ4n) is 8.72. The first kappa shape index (κ1) is 20.7. The number of carbonyl (C=O) groups excluding carboxylic acids is 1. The van der Waals surface area contributed by atoms with E-state index >= 15 is 0 Å². The molecule has 4 rings (SSSR count). The van der Waals surface area contributed by atoms with E-state index in [0.29, 0.717) is 23.0 Å². The van der Waals surface area contributed by atoms with Crippen LogP contribution in [0.2, 0.25) is 0 Å². The third kappa shape index (κ3) is 3.14. The SMILES string of the molecule is CC(C)CCCC(C)C1CCC2C3CCC4CC=CC(=O)C4(C)C3CCC12C. The molecule has 0 spiro atoms. The minimum Gasteiger partial charge on any atom is -0.294 e. The molecule has 28 heavy (non-hydrogen) atoms. The number of fused-ring (bicyclic) bond motifs is 5. The monoisotopic (exact) mass is 384 g/mol. The molecule has 0 aromatic heterocycles. The van der Waals surface area contributed by atoms with Crippen LogP contribution in [0.5, 0.6) is 0 Å². The highest BCUT2D eigenvalue weighted by Crippen LogP contribution is 2.67. The molecule has 8 unspecified atom stereocenters. The number of hydrogen-bond acceptors (Lipinski definition) is 1. The van der Waals surface area contributed by atoms with Gasteiger partial charge in [0.05, 0.1) is 0 Å². The molecule has 1 heteroatoms. The molecule has 0 aliphatic heterocycles. The summed E-state index contributed by atoms with van der Waals surface area (Å²) in [4.78, 5) is 13.0. The van der Waals surface area contributed by atoms with Gasteiger partial charge in [-0.3, -0.25) is 4.79 Å². The predicted octanol–water partition coefficient (Wildman–Crippen LogP) is 7.45. The largest absolute Gasteiger partial charge is 0.294 e. The van der Waals surface area contributed by atoms with Crippen molar-refractivity contribution in [3.05, 3.63) is 12.2 Å². The summed E-state index contributed by atoms with van der Waals surface area (Å²) in [6, 6.07) is 0. The lowest BCUT2D eigenvalue weighted by atomic mass is 9.45. The summed E-state index contributed by atoms with van der Waals surface area (Å²) in [6.07, 6.45) is 17.7. The molecule has 0 bridgehead atoms. The van der Waals surface area contributed by atoms with Gasteiger partial charge < -0.3 is 0 Å². The molecule has 0 radical (unpaired) electrons. The fraction of sp³-hybridized carbons (Fsp3) is 0.889. The van der Waals surface area contributed by atoms with E-state index in [-0.39, 0.29) is 5.41 Å².